The van der Waals surface area contributed by atoms with Gasteiger partial charge in [0, 0.05) is 49.6 Å². The number of hydrogen-bond acceptors (Lipinski definition) is 4. The number of aromatic nitrogens is 4. The lowest BCUT2D eigenvalue weighted by molar-refractivity contribution is -0.131. The van der Waals surface area contributed by atoms with Crippen LogP contribution < -0.4 is 10.6 Å². The van der Waals surface area contributed by atoms with Crippen LogP contribution in [0, 0.1) is 5.92 Å². The SMILES string of the molecule is O=C(N[C@@H](Cc1cnc[nH]1)C(=O)NCCc1ncc[nH]1)C(Cc1cccc2ccccc12)Cc1cccc2ccccc12. The Balaban J connectivity index is 1.27. The zero-order chi connectivity index (χ0) is 29.4. The highest BCUT2D eigenvalue weighted by atomic mass is 16.2. The fraction of sp³-hybridized carbons (Fsp3) is 0.200. The van der Waals surface area contributed by atoms with E-state index in [2.05, 4.69) is 79.1 Å². The van der Waals surface area contributed by atoms with Crippen LogP contribution in [0.1, 0.15) is 22.6 Å². The summed E-state index contributed by atoms with van der Waals surface area (Å²) in [5.41, 5.74) is 2.98. The number of rotatable bonds is 12. The maximum Gasteiger partial charge on any atom is 0.242 e. The van der Waals surface area contributed by atoms with Crippen molar-refractivity contribution in [1.29, 1.82) is 0 Å². The second-order valence-electron chi connectivity index (χ2n) is 10.8. The Hall–Kier alpha value is -5.24. The number of hydrogen-bond donors (Lipinski definition) is 4. The van der Waals surface area contributed by atoms with Crippen molar-refractivity contribution in [2.75, 3.05) is 6.54 Å². The zero-order valence-corrected chi connectivity index (χ0v) is 23.8. The molecule has 0 saturated heterocycles. The first-order valence-electron chi connectivity index (χ1n) is 14.6. The van der Waals surface area contributed by atoms with Gasteiger partial charge in [0.25, 0.3) is 0 Å². The van der Waals surface area contributed by atoms with Crippen molar-refractivity contribution in [3.8, 4) is 0 Å². The molecule has 2 heterocycles. The van der Waals surface area contributed by atoms with Crippen molar-refractivity contribution in [2.24, 2.45) is 5.92 Å². The lowest BCUT2D eigenvalue weighted by Gasteiger charge is -2.23. The third-order valence-corrected chi connectivity index (χ3v) is 7.89. The van der Waals surface area contributed by atoms with Gasteiger partial charge in [-0.1, -0.05) is 84.9 Å². The molecule has 0 radical (unpaired) electrons. The minimum Gasteiger partial charge on any atom is -0.354 e. The van der Waals surface area contributed by atoms with Gasteiger partial charge in [0.1, 0.15) is 11.9 Å². The van der Waals surface area contributed by atoms with Crippen LogP contribution in [0.15, 0.2) is 110 Å². The molecule has 6 rings (SSSR count). The molecule has 43 heavy (non-hydrogen) atoms. The van der Waals surface area contributed by atoms with Crippen LogP contribution in [0.3, 0.4) is 0 Å². The molecule has 2 amide bonds. The van der Waals surface area contributed by atoms with E-state index in [1.165, 1.54) is 0 Å². The van der Waals surface area contributed by atoms with Gasteiger partial charge in [-0.2, -0.15) is 0 Å². The summed E-state index contributed by atoms with van der Waals surface area (Å²) in [7, 11) is 0. The summed E-state index contributed by atoms with van der Waals surface area (Å²) in [6, 6.07) is 28.2. The van der Waals surface area contributed by atoms with E-state index in [0.29, 0.717) is 32.2 Å². The average molecular weight is 571 g/mol. The number of carbonyl (C=O) groups excluding carboxylic acids is 2. The minimum atomic E-state index is -0.771. The van der Waals surface area contributed by atoms with Gasteiger partial charge in [0.15, 0.2) is 0 Å². The third kappa shape index (κ3) is 6.81. The van der Waals surface area contributed by atoms with E-state index in [1.807, 2.05) is 36.4 Å². The maximum atomic E-state index is 14.2. The number of H-pyrrole nitrogens is 2. The number of fused-ring (bicyclic) bond motifs is 2. The van der Waals surface area contributed by atoms with Crippen molar-refractivity contribution in [2.45, 2.75) is 31.7 Å². The first-order chi connectivity index (χ1) is 21.1. The van der Waals surface area contributed by atoms with Crippen LogP contribution in [0.5, 0.6) is 0 Å². The monoisotopic (exact) mass is 570 g/mol. The van der Waals surface area contributed by atoms with Gasteiger partial charge < -0.3 is 20.6 Å². The molecule has 0 aliphatic rings. The number of carbonyl (C=O) groups is 2. The lowest BCUT2D eigenvalue weighted by atomic mass is 9.87. The molecule has 0 saturated carbocycles. The number of aromatic amines is 2. The Kier molecular flexibility index (Phi) is 8.54. The van der Waals surface area contributed by atoms with E-state index < -0.39 is 12.0 Å². The van der Waals surface area contributed by atoms with E-state index in [9.17, 15) is 9.59 Å². The average Bonchev–Trinajstić information content (AvgIpc) is 3.75. The number of nitrogens with one attached hydrogen (secondary N) is 4. The molecule has 0 aliphatic heterocycles. The van der Waals surface area contributed by atoms with Gasteiger partial charge in [0.2, 0.25) is 11.8 Å². The van der Waals surface area contributed by atoms with Crippen LogP contribution in [0.2, 0.25) is 0 Å². The molecule has 4 aromatic carbocycles. The molecule has 0 fully saturated rings. The van der Waals surface area contributed by atoms with Crippen molar-refractivity contribution in [3.63, 3.8) is 0 Å². The summed E-state index contributed by atoms with van der Waals surface area (Å²) in [5, 5.41) is 10.6. The Bertz CT molecular complexity index is 1720. The van der Waals surface area contributed by atoms with Gasteiger partial charge in [0.05, 0.1) is 6.33 Å². The predicted molar refractivity (Wildman–Crippen MR) is 168 cm³/mol. The van der Waals surface area contributed by atoms with Gasteiger partial charge in [-0.25, -0.2) is 9.97 Å². The van der Waals surface area contributed by atoms with Crippen molar-refractivity contribution in [3.05, 3.63) is 132 Å². The van der Waals surface area contributed by atoms with E-state index in [1.54, 1.807) is 24.9 Å². The van der Waals surface area contributed by atoms with E-state index in [0.717, 1.165) is 44.2 Å². The first kappa shape index (κ1) is 27.9. The molecular weight excluding hydrogens is 536 g/mol. The predicted octanol–water partition coefficient (Wildman–Crippen LogP) is 4.93. The number of imidazole rings is 2. The smallest absolute Gasteiger partial charge is 0.242 e. The van der Waals surface area contributed by atoms with Crippen LogP contribution in [-0.4, -0.2) is 44.3 Å². The molecule has 8 nitrogen and oxygen atoms in total. The molecule has 216 valence electrons. The summed E-state index contributed by atoms with van der Waals surface area (Å²) in [5.74, 6) is -0.0216. The summed E-state index contributed by atoms with van der Waals surface area (Å²) in [6.07, 6.45) is 8.63. The molecule has 0 aliphatic carbocycles. The van der Waals surface area contributed by atoms with Crippen LogP contribution in [0.25, 0.3) is 21.5 Å². The standard InChI is InChI=1S/C35H34N6O2/c42-34(41-32(21-29-22-36-23-40-29)35(43)39-16-15-33-37-17-18-38-33)28(19-26-11-5-9-24-7-1-3-13-30(24)26)20-27-12-6-10-25-8-2-4-14-31(25)27/h1-14,17-18,22-23,28,32H,15-16,19-21H2,(H,36,40)(H,37,38)(H,39,43)(H,41,42)/t32-/m0/s1. The van der Waals surface area contributed by atoms with Gasteiger partial charge in [-0.3, -0.25) is 9.59 Å². The Labute approximate surface area is 250 Å². The van der Waals surface area contributed by atoms with Crippen molar-refractivity contribution in [1.82, 2.24) is 30.6 Å². The molecule has 0 bridgehead atoms. The number of amides is 2. The van der Waals surface area contributed by atoms with Crippen molar-refractivity contribution < 1.29 is 9.59 Å². The Morgan fingerprint density at radius 1 is 0.744 bits per heavy atom. The quantitative estimate of drug-likeness (QED) is 0.167. The van der Waals surface area contributed by atoms with Gasteiger partial charge in [-0.15, -0.1) is 0 Å². The molecule has 0 spiro atoms. The van der Waals surface area contributed by atoms with Crippen LogP contribution >= 0.6 is 0 Å². The van der Waals surface area contributed by atoms with Crippen LogP contribution in [0.4, 0.5) is 0 Å². The van der Waals surface area contributed by atoms with Crippen LogP contribution in [-0.2, 0) is 35.3 Å². The first-order valence-corrected chi connectivity index (χ1v) is 14.6. The minimum absolute atomic E-state index is 0.161. The molecule has 1 atom stereocenters. The van der Waals surface area contributed by atoms with Gasteiger partial charge in [-0.05, 0) is 45.5 Å². The summed E-state index contributed by atoms with van der Waals surface area (Å²) in [4.78, 5) is 42.1. The second kappa shape index (κ2) is 13.2. The third-order valence-electron chi connectivity index (χ3n) is 7.89. The number of nitrogens with zero attached hydrogens (tertiary/aromatic N) is 2. The fourth-order valence-electron chi connectivity index (χ4n) is 5.71. The highest BCUT2D eigenvalue weighted by molar-refractivity contribution is 5.91. The van der Waals surface area contributed by atoms with E-state index >= 15 is 0 Å². The second-order valence-corrected chi connectivity index (χ2v) is 10.8. The fourth-order valence-corrected chi connectivity index (χ4v) is 5.71. The van der Waals surface area contributed by atoms with E-state index in [4.69, 9.17) is 0 Å². The summed E-state index contributed by atoms with van der Waals surface area (Å²) >= 11 is 0. The largest absolute Gasteiger partial charge is 0.354 e. The maximum absolute atomic E-state index is 14.2. The van der Waals surface area contributed by atoms with E-state index in [-0.39, 0.29) is 11.8 Å². The highest BCUT2D eigenvalue weighted by Crippen LogP contribution is 2.26. The normalized spacial score (nSPS) is 12.0. The topological polar surface area (TPSA) is 116 Å². The molecule has 2 aromatic heterocycles. The molecular formula is C35H34N6O2. The Morgan fingerprint density at radius 3 is 2.00 bits per heavy atom. The molecule has 8 heteroatoms. The summed E-state index contributed by atoms with van der Waals surface area (Å²) < 4.78 is 0. The highest BCUT2D eigenvalue weighted by Gasteiger charge is 2.27. The molecule has 0 unspecified atom stereocenters. The molecule has 6 aromatic rings. The van der Waals surface area contributed by atoms with Crippen molar-refractivity contribution >= 4 is 33.4 Å². The zero-order valence-electron chi connectivity index (χ0n) is 23.8. The lowest BCUT2D eigenvalue weighted by Crippen LogP contribution is -2.50. The molecule has 4 N–H and O–H groups in total. The summed E-state index contributed by atoms with van der Waals surface area (Å²) in [6.45, 7) is 0.400. The van der Waals surface area contributed by atoms with Gasteiger partial charge >= 0.3 is 0 Å². The number of benzene rings is 4. The Morgan fingerprint density at radius 2 is 1.40 bits per heavy atom.